The largest absolute Gasteiger partial charge is 0.376 e. The molecule has 3 heterocycles. The summed E-state index contributed by atoms with van der Waals surface area (Å²) in [6.45, 7) is 5.70. The molecule has 0 aliphatic carbocycles. The van der Waals surface area contributed by atoms with E-state index in [-0.39, 0.29) is 17.6 Å². The van der Waals surface area contributed by atoms with Gasteiger partial charge in [0.25, 0.3) is 0 Å². The lowest BCUT2D eigenvalue weighted by atomic mass is 10.2. The molecule has 2 aromatic heterocycles. The summed E-state index contributed by atoms with van der Waals surface area (Å²) in [6, 6.07) is 11.6. The molecule has 0 radical (unpaired) electrons. The first-order valence-electron chi connectivity index (χ1n) is 9.41. The fraction of sp³-hybridized carbons (Fsp3) is 0.400. The Morgan fingerprint density at radius 1 is 1.29 bits per heavy atom. The minimum absolute atomic E-state index is 0.0827. The van der Waals surface area contributed by atoms with E-state index in [0.717, 1.165) is 48.6 Å². The van der Waals surface area contributed by atoms with Gasteiger partial charge in [-0.3, -0.25) is 4.79 Å². The van der Waals surface area contributed by atoms with Crippen molar-refractivity contribution >= 4 is 17.5 Å². The van der Waals surface area contributed by atoms with Crippen molar-refractivity contribution in [2.75, 3.05) is 12.4 Å². The molecule has 0 N–H and O–H groups in total. The Morgan fingerprint density at radius 3 is 2.86 bits per heavy atom. The van der Waals surface area contributed by atoms with Crippen LogP contribution in [0.25, 0.3) is 5.69 Å². The van der Waals surface area contributed by atoms with E-state index in [1.807, 2.05) is 50.2 Å². The number of tetrazole rings is 1. The minimum Gasteiger partial charge on any atom is -0.376 e. The lowest BCUT2D eigenvalue weighted by Gasteiger charge is -2.14. The van der Waals surface area contributed by atoms with Gasteiger partial charge in [0.2, 0.25) is 5.16 Å². The Hall–Kier alpha value is -2.45. The fourth-order valence-corrected chi connectivity index (χ4v) is 4.34. The van der Waals surface area contributed by atoms with Gasteiger partial charge in [0.15, 0.2) is 5.78 Å². The molecule has 0 amide bonds. The molecule has 146 valence electrons. The van der Waals surface area contributed by atoms with Crippen molar-refractivity contribution in [1.82, 2.24) is 24.8 Å². The van der Waals surface area contributed by atoms with Gasteiger partial charge in [0.05, 0.1) is 17.5 Å². The topological polar surface area (TPSA) is 74.8 Å². The number of nitrogens with zero attached hydrogens (tertiary/aromatic N) is 5. The molecule has 1 aliphatic rings. The zero-order chi connectivity index (χ0) is 19.5. The summed E-state index contributed by atoms with van der Waals surface area (Å²) in [5, 5.41) is 12.5. The lowest BCUT2D eigenvalue weighted by molar-refractivity contribution is 0.0957. The maximum absolute atomic E-state index is 12.9. The van der Waals surface area contributed by atoms with E-state index in [1.54, 1.807) is 4.68 Å². The molecule has 7 nitrogen and oxygen atoms in total. The molecule has 0 unspecified atom stereocenters. The van der Waals surface area contributed by atoms with Crippen molar-refractivity contribution in [1.29, 1.82) is 0 Å². The number of aromatic nitrogens is 5. The van der Waals surface area contributed by atoms with Gasteiger partial charge >= 0.3 is 0 Å². The Morgan fingerprint density at radius 2 is 2.11 bits per heavy atom. The van der Waals surface area contributed by atoms with Gasteiger partial charge in [0, 0.05) is 30.1 Å². The Bertz CT molecular complexity index is 960. The molecule has 1 aromatic carbocycles. The molecule has 3 aromatic rings. The first kappa shape index (κ1) is 18.9. The normalized spacial score (nSPS) is 16.6. The molecule has 0 bridgehead atoms. The number of carbonyl (C=O) groups excluding carboxylic acids is 1. The second-order valence-corrected chi connectivity index (χ2v) is 7.89. The molecule has 0 saturated carbocycles. The van der Waals surface area contributed by atoms with Crippen LogP contribution < -0.4 is 0 Å². The van der Waals surface area contributed by atoms with Crippen LogP contribution >= 0.6 is 11.8 Å². The van der Waals surface area contributed by atoms with Crippen molar-refractivity contribution in [3.63, 3.8) is 0 Å². The molecule has 28 heavy (non-hydrogen) atoms. The summed E-state index contributed by atoms with van der Waals surface area (Å²) >= 11 is 1.35. The van der Waals surface area contributed by atoms with E-state index in [0.29, 0.717) is 5.16 Å². The summed E-state index contributed by atoms with van der Waals surface area (Å²) in [5.74, 6) is 0.372. The predicted molar refractivity (Wildman–Crippen MR) is 107 cm³/mol. The smallest absolute Gasteiger partial charge is 0.214 e. The third-order valence-corrected chi connectivity index (χ3v) is 5.98. The maximum Gasteiger partial charge on any atom is 0.214 e. The van der Waals surface area contributed by atoms with Crippen LogP contribution in [-0.2, 0) is 11.3 Å². The molecule has 8 heteroatoms. The van der Waals surface area contributed by atoms with Crippen LogP contribution in [0.3, 0.4) is 0 Å². The first-order chi connectivity index (χ1) is 13.6. The highest BCUT2D eigenvalue weighted by Crippen LogP contribution is 2.23. The van der Waals surface area contributed by atoms with E-state index >= 15 is 0 Å². The zero-order valence-corrected chi connectivity index (χ0v) is 16.9. The van der Waals surface area contributed by atoms with Crippen LogP contribution in [0, 0.1) is 13.8 Å². The molecule has 1 aliphatic heterocycles. The predicted octanol–water partition coefficient (Wildman–Crippen LogP) is 3.23. The summed E-state index contributed by atoms with van der Waals surface area (Å²) in [4.78, 5) is 12.9. The average Bonchev–Trinajstić information content (AvgIpc) is 3.44. The molecule has 1 saturated heterocycles. The highest BCUT2D eigenvalue weighted by atomic mass is 32.2. The van der Waals surface area contributed by atoms with Crippen molar-refractivity contribution in [3.8, 4) is 5.69 Å². The van der Waals surface area contributed by atoms with Gasteiger partial charge in [0.1, 0.15) is 0 Å². The highest BCUT2D eigenvalue weighted by Gasteiger charge is 2.21. The van der Waals surface area contributed by atoms with E-state index in [4.69, 9.17) is 4.74 Å². The highest BCUT2D eigenvalue weighted by molar-refractivity contribution is 7.99. The average molecular weight is 398 g/mol. The van der Waals surface area contributed by atoms with Crippen molar-refractivity contribution < 1.29 is 9.53 Å². The number of hydrogen-bond acceptors (Lipinski definition) is 6. The van der Waals surface area contributed by atoms with Gasteiger partial charge in [-0.05, 0) is 55.3 Å². The number of benzene rings is 1. The lowest BCUT2D eigenvalue weighted by Crippen LogP contribution is -2.17. The number of thioether (sulfide) groups is 1. The number of para-hydroxylation sites is 1. The van der Waals surface area contributed by atoms with Crippen molar-refractivity contribution in [2.24, 2.45) is 0 Å². The summed E-state index contributed by atoms with van der Waals surface area (Å²) in [5.41, 5.74) is 3.73. The van der Waals surface area contributed by atoms with Crippen molar-refractivity contribution in [3.05, 3.63) is 53.3 Å². The number of hydrogen-bond donors (Lipinski definition) is 0. The molecular weight excluding hydrogens is 374 g/mol. The molecule has 1 atom stereocenters. The number of rotatable bonds is 7. The van der Waals surface area contributed by atoms with Crippen LogP contribution in [0.4, 0.5) is 0 Å². The van der Waals surface area contributed by atoms with E-state index < -0.39 is 0 Å². The monoisotopic (exact) mass is 397 g/mol. The van der Waals surface area contributed by atoms with Gasteiger partial charge in [-0.15, -0.1) is 5.10 Å². The molecule has 1 fully saturated rings. The standard InChI is InChI=1S/C20H23N5O2S/c1-14-11-18(15(2)24(14)12-17-9-6-10-27-17)19(26)13-28-20-21-22-23-25(20)16-7-4-3-5-8-16/h3-5,7-8,11,17H,6,9-10,12-13H2,1-2H3/t17-/m0/s1. The Kier molecular flexibility index (Phi) is 5.59. The van der Waals surface area contributed by atoms with Crippen LogP contribution in [-0.4, -0.2) is 49.0 Å². The second-order valence-electron chi connectivity index (χ2n) is 6.95. The number of aryl methyl sites for hydroxylation is 1. The SMILES string of the molecule is Cc1cc(C(=O)CSc2nnnn2-c2ccccc2)c(C)n1C[C@@H]1CCCO1. The van der Waals surface area contributed by atoms with Gasteiger partial charge < -0.3 is 9.30 Å². The third-order valence-electron chi connectivity index (χ3n) is 5.06. The molecule has 4 rings (SSSR count). The van der Waals surface area contributed by atoms with E-state index in [9.17, 15) is 4.79 Å². The first-order valence-corrected chi connectivity index (χ1v) is 10.4. The molecular formula is C20H23N5O2S. The van der Waals surface area contributed by atoms with E-state index in [2.05, 4.69) is 20.1 Å². The van der Waals surface area contributed by atoms with Crippen LogP contribution in [0.2, 0.25) is 0 Å². The Balaban J connectivity index is 1.46. The van der Waals surface area contributed by atoms with Crippen LogP contribution in [0.1, 0.15) is 34.6 Å². The quantitative estimate of drug-likeness (QED) is 0.450. The van der Waals surface area contributed by atoms with Crippen molar-refractivity contribution in [2.45, 2.75) is 44.5 Å². The number of ketones is 1. The van der Waals surface area contributed by atoms with E-state index in [1.165, 1.54) is 11.8 Å². The fourth-order valence-electron chi connectivity index (χ4n) is 3.56. The summed E-state index contributed by atoms with van der Waals surface area (Å²) < 4.78 is 9.60. The van der Waals surface area contributed by atoms with Gasteiger partial charge in [-0.25, -0.2) is 0 Å². The van der Waals surface area contributed by atoms with Gasteiger partial charge in [-0.1, -0.05) is 30.0 Å². The summed E-state index contributed by atoms with van der Waals surface area (Å²) in [6.07, 6.45) is 2.44. The minimum atomic E-state index is 0.0827. The maximum atomic E-state index is 12.9. The Labute approximate surface area is 168 Å². The number of Topliss-reactive ketones (excluding diaryl/α,β-unsaturated/α-hetero) is 1. The molecule has 0 spiro atoms. The zero-order valence-electron chi connectivity index (χ0n) is 16.0. The van der Waals surface area contributed by atoms with Gasteiger partial charge in [-0.2, -0.15) is 4.68 Å². The second kappa shape index (κ2) is 8.28. The van der Waals surface area contributed by atoms with Crippen LogP contribution in [0.15, 0.2) is 41.6 Å². The summed E-state index contributed by atoms with van der Waals surface area (Å²) in [7, 11) is 0. The third kappa shape index (κ3) is 3.88. The van der Waals surface area contributed by atoms with Crippen LogP contribution in [0.5, 0.6) is 0 Å². The number of carbonyl (C=O) groups is 1. The number of ether oxygens (including phenoxy) is 1.